The normalized spacial score (nSPS) is 10.5. The maximum Gasteiger partial charge on any atom is 0.187 e. The molecule has 0 amide bonds. The summed E-state index contributed by atoms with van der Waals surface area (Å²) in [5.41, 5.74) is 1.54. The van der Waals surface area contributed by atoms with Gasteiger partial charge in [-0.25, -0.2) is 9.37 Å². The van der Waals surface area contributed by atoms with Crippen molar-refractivity contribution in [3.63, 3.8) is 0 Å². The van der Waals surface area contributed by atoms with Gasteiger partial charge < -0.3 is 5.32 Å². The molecule has 0 aliphatic carbocycles. The molecule has 6 heteroatoms. The third kappa shape index (κ3) is 2.94. The molecule has 0 bridgehead atoms. The second-order valence-electron chi connectivity index (χ2n) is 4.26. The summed E-state index contributed by atoms with van der Waals surface area (Å²) in [6.45, 7) is 4.11. The molecule has 98 valence electrons. The van der Waals surface area contributed by atoms with E-state index in [0.717, 1.165) is 5.69 Å². The van der Waals surface area contributed by atoms with Gasteiger partial charge in [0.25, 0.3) is 0 Å². The number of rotatable bonds is 3. The summed E-state index contributed by atoms with van der Waals surface area (Å²) in [7, 11) is 0. The lowest BCUT2D eigenvalue weighted by Gasteiger charge is -2.06. The lowest BCUT2D eigenvalue weighted by molar-refractivity contribution is 0.624. The fourth-order valence-electron chi connectivity index (χ4n) is 1.46. The van der Waals surface area contributed by atoms with Gasteiger partial charge in [0.15, 0.2) is 10.9 Å². The number of halogens is 2. The molecule has 0 aliphatic heterocycles. The van der Waals surface area contributed by atoms with Gasteiger partial charge in [0.2, 0.25) is 0 Å². The predicted molar refractivity (Wildman–Crippen MR) is 78.3 cm³/mol. The third-order valence-corrected chi connectivity index (χ3v) is 4.11. The number of thiazole rings is 1. The molecule has 0 saturated heterocycles. The smallest absolute Gasteiger partial charge is 0.187 e. The summed E-state index contributed by atoms with van der Waals surface area (Å²) in [4.78, 5) is 4.38. The molecule has 0 aliphatic rings. The molecule has 0 unspecified atom stereocenters. The van der Waals surface area contributed by atoms with Crippen LogP contribution >= 0.6 is 27.3 Å². The molecule has 3 nitrogen and oxygen atoms in total. The fraction of sp³-hybridized carbons (Fsp3) is 0.231. The highest BCUT2D eigenvalue weighted by Gasteiger charge is 2.13. The van der Waals surface area contributed by atoms with Crippen LogP contribution in [0.3, 0.4) is 0 Å². The monoisotopic (exact) mass is 339 g/mol. The molecule has 0 fully saturated rings. The molecular weight excluding hydrogens is 329 g/mol. The zero-order valence-electron chi connectivity index (χ0n) is 10.4. The third-order valence-electron chi connectivity index (χ3n) is 2.56. The van der Waals surface area contributed by atoms with E-state index in [1.165, 1.54) is 17.4 Å². The minimum absolute atomic E-state index is 0.167. The number of nitrogens with one attached hydrogen (secondary N) is 1. The average molecular weight is 340 g/mol. The summed E-state index contributed by atoms with van der Waals surface area (Å²) >= 11 is 4.51. The van der Waals surface area contributed by atoms with E-state index in [-0.39, 0.29) is 10.0 Å². The lowest BCUT2D eigenvalue weighted by atomic mass is 10.2. The summed E-state index contributed by atoms with van der Waals surface area (Å²) in [5, 5.41) is 14.3. The van der Waals surface area contributed by atoms with Gasteiger partial charge in [0, 0.05) is 5.38 Å². The van der Waals surface area contributed by atoms with Crippen LogP contribution in [0.15, 0.2) is 22.0 Å². The molecule has 0 radical (unpaired) electrons. The summed E-state index contributed by atoms with van der Waals surface area (Å²) in [5.74, 6) is -0.148. The summed E-state index contributed by atoms with van der Waals surface area (Å²) in [6, 6.07) is 5.02. The van der Waals surface area contributed by atoms with Crippen molar-refractivity contribution in [3.8, 4) is 6.07 Å². The second-order valence-corrected chi connectivity index (χ2v) is 5.91. The Hall–Kier alpha value is -1.45. The number of benzene rings is 1. The standard InChI is InChI=1S/C13H11BrFN3S/c1-7(2)10-6-19-13(18-10)17-9-4-3-8(5-16)11(14)12(9)15/h3-4,6-7H,1-2H3,(H,17,18). The van der Waals surface area contributed by atoms with E-state index in [9.17, 15) is 4.39 Å². The molecule has 0 spiro atoms. The van der Waals surface area contributed by atoms with Gasteiger partial charge in [-0.1, -0.05) is 13.8 Å². The molecule has 0 saturated carbocycles. The molecule has 0 atom stereocenters. The van der Waals surface area contributed by atoms with Crippen molar-refractivity contribution < 1.29 is 4.39 Å². The molecule has 1 N–H and O–H groups in total. The quantitative estimate of drug-likeness (QED) is 0.874. The first kappa shape index (κ1) is 14.0. The van der Waals surface area contributed by atoms with Crippen molar-refractivity contribution in [2.45, 2.75) is 19.8 Å². The van der Waals surface area contributed by atoms with E-state index in [1.807, 2.05) is 11.4 Å². The molecule has 2 rings (SSSR count). The van der Waals surface area contributed by atoms with Crippen LogP contribution in [0.1, 0.15) is 31.0 Å². The van der Waals surface area contributed by atoms with E-state index < -0.39 is 5.82 Å². The van der Waals surface area contributed by atoms with Gasteiger partial charge in [-0.05, 0) is 34.0 Å². The lowest BCUT2D eigenvalue weighted by Crippen LogP contribution is -1.96. The number of anilines is 2. The van der Waals surface area contributed by atoms with Crippen molar-refractivity contribution in [3.05, 3.63) is 39.1 Å². The van der Waals surface area contributed by atoms with Gasteiger partial charge in [-0.3, -0.25) is 0 Å². The zero-order valence-corrected chi connectivity index (χ0v) is 12.8. The van der Waals surface area contributed by atoms with Crippen LogP contribution in [-0.2, 0) is 0 Å². The molecule has 1 aromatic carbocycles. The number of nitriles is 1. The molecule has 19 heavy (non-hydrogen) atoms. The van der Waals surface area contributed by atoms with Crippen LogP contribution in [-0.4, -0.2) is 4.98 Å². The van der Waals surface area contributed by atoms with E-state index in [4.69, 9.17) is 5.26 Å². The Morgan fingerprint density at radius 3 is 2.79 bits per heavy atom. The van der Waals surface area contributed by atoms with E-state index in [1.54, 1.807) is 6.07 Å². The number of hydrogen-bond acceptors (Lipinski definition) is 4. The average Bonchev–Trinajstić information content (AvgIpc) is 2.84. The summed E-state index contributed by atoms with van der Waals surface area (Å²) in [6.07, 6.45) is 0. The maximum atomic E-state index is 14.0. The van der Waals surface area contributed by atoms with E-state index in [0.29, 0.717) is 16.7 Å². The van der Waals surface area contributed by atoms with Crippen LogP contribution < -0.4 is 5.32 Å². The predicted octanol–water partition coefficient (Wildman–Crippen LogP) is 4.78. The summed E-state index contributed by atoms with van der Waals surface area (Å²) < 4.78 is 14.2. The first-order chi connectivity index (χ1) is 9.02. The van der Waals surface area contributed by atoms with Gasteiger partial charge in [-0.15, -0.1) is 11.3 Å². The maximum absolute atomic E-state index is 14.0. The molecule has 2 aromatic rings. The van der Waals surface area contributed by atoms with Crippen molar-refractivity contribution in [2.75, 3.05) is 5.32 Å². The first-order valence-corrected chi connectivity index (χ1v) is 7.30. The van der Waals surface area contributed by atoms with Gasteiger partial charge in [0.05, 0.1) is 21.4 Å². The highest BCUT2D eigenvalue weighted by Crippen LogP contribution is 2.30. The molecular formula is C13H11BrFN3S. The Kier molecular flexibility index (Phi) is 4.17. The zero-order chi connectivity index (χ0) is 14.0. The highest BCUT2D eigenvalue weighted by molar-refractivity contribution is 9.10. The Bertz CT molecular complexity index is 646. The molecule has 1 heterocycles. The van der Waals surface area contributed by atoms with Crippen molar-refractivity contribution in [1.82, 2.24) is 4.98 Å². The van der Waals surface area contributed by atoms with Crippen LogP contribution in [0, 0.1) is 17.1 Å². The number of nitrogens with zero attached hydrogens (tertiary/aromatic N) is 2. The number of hydrogen-bond donors (Lipinski definition) is 1. The molecule has 1 aromatic heterocycles. The fourth-order valence-corrected chi connectivity index (χ4v) is 2.77. The van der Waals surface area contributed by atoms with Crippen molar-refractivity contribution in [2.24, 2.45) is 0 Å². The van der Waals surface area contributed by atoms with Crippen molar-refractivity contribution in [1.29, 1.82) is 5.26 Å². The van der Waals surface area contributed by atoms with Gasteiger partial charge in [-0.2, -0.15) is 5.26 Å². The largest absolute Gasteiger partial charge is 0.329 e. The van der Waals surface area contributed by atoms with Gasteiger partial charge >= 0.3 is 0 Å². The van der Waals surface area contributed by atoms with Crippen LogP contribution in [0.5, 0.6) is 0 Å². The van der Waals surface area contributed by atoms with Crippen molar-refractivity contribution >= 4 is 38.1 Å². The van der Waals surface area contributed by atoms with E-state index >= 15 is 0 Å². The van der Waals surface area contributed by atoms with E-state index in [2.05, 4.69) is 40.1 Å². The second kappa shape index (κ2) is 5.68. The topological polar surface area (TPSA) is 48.7 Å². The van der Waals surface area contributed by atoms with Crippen LogP contribution in [0.4, 0.5) is 15.2 Å². The van der Waals surface area contributed by atoms with Gasteiger partial charge in [0.1, 0.15) is 6.07 Å². The van der Waals surface area contributed by atoms with Crippen LogP contribution in [0.2, 0.25) is 0 Å². The Balaban J connectivity index is 2.28. The minimum atomic E-state index is -0.486. The Labute approximate surface area is 123 Å². The highest BCUT2D eigenvalue weighted by atomic mass is 79.9. The Morgan fingerprint density at radius 1 is 1.47 bits per heavy atom. The number of aromatic nitrogens is 1. The SMILES string of the molecule is CC(C)c1csc(Nc2ccc(C#N)c(Br)c2F)n1. The Morgan fingerprint density at radius 2 is 2.21 bits per heavy atom. The van der Waals surface area contributed by atoms with Crippen LogP contribution in [0.25, 0.3) is 0 Å². The minimum Gasteiger partial charge on any atom is -0.329 e. The first-order valence-electron chi connectivity index (χ1n) is 5.63.